The lowest BCUT2D eigenvalue weighted by Gasteiger charge is -2.12. The molecule has 5 nitrogen and oxygen atoms in total. The van der Waals surface area contributed by atoms with Crippen molar-refractivity contribution in [2.75, 3.05) is 11.9 Å². The molecule has 0 bridgehead atoms. The van der Waals surface area contributed by atoms with Crippen molar-refractivity contribution in [3.63, 3.8) is 0 Å². The van der Waals surface area contributed by atoms with Crippen molar-refractivity contribution in [1.29, 1.82) is 0 Å². The maximum absolute atomic E-state index is 11.9. The minimum atomic E-state index is -0.455. The first-order valence-corrected chi connectivity index (χ1v) is 6.97. The van der Waals surface area contributed by atoms with Crippen LogP contribution in [-0.2, 0) is 9.59 Å². The Hall–Kier alpha value is -1.43. The highest BCUT2D eigenvalue weighted by molar-refractivity contribution is 7.13. The number of rotatable bonds is 4. The van der Waals surface area contributed by atoms with Gasteiger partial charge in [0, 0.05) is 11.9 Å². The first-order valence-electron chi connectivity index (χ1n) is 6.09. The molecular weight excluding hydrogens is 250 g/mol. The second kappa shape index (κ2) is 5.06. The SMILES string of the molecule is CCN1C(=O)CC(Nc2nc(C(C)C)cs2)C1=O. The average molecular weight is 267 g/mol. The van der Waals surface area contributed by atoms with Gasteiger partial charge in [-0.2, -0.15) is 0 Å². The Morgan fingerprint density at radius 2 is 2.28 bits per heavy atom. The van der Waals surface area contributed by atoms with Gasteiger partial charge < -0.3 is 5.32 Å². The van der Waals surface area contributed by atoms with Crippen LogP contribution in [0.4, 0.5) is 5.13 Å². The smallest absolute Gasteiger partial charge is 0.252 e. The third kappa shape index (κ3) is 2.38. The molecule has 2 rings (SSSR count). The Kier molecular flexibility index (Phi) is 3.65. The second-order valence-electron chi connectivity index (χ2n) is 4.61. The molecule has 0 aromatic carbocycles. The van der Waals surface area contributed by atoms with Crippen LogP contribution in [0.15, 0.2) is 5.38 Å². The average Bonchev–Trinajstić information content (AvgIpc) is 2.86. The number of likely N-dealkylation sites (N-methyl/N-ethyl adjacent to an activating group) is 1. The molecule has 2 amide bonds. The molecule has 1 aliphatic heterocycles. The largest absolute Gasteiger partial charge is 0.349 e. The van der Waals surface area contributed by atoms with Gasteiger partial charge in [-0.1, -0.05) is 13.8 Å². The van der Waals surface area contributed by atoms with Crippen LogP contribution in [0.1, 0.15) is 38.8 Å². The maximum atomic E-state index is 11.9. The highest BCUT2D eigenvalue weighted by atomic mass is 32.1. The predicted octanol–water partition coefficient (Wildman–Crippen LogP) is 1.83. The Labute approximate surface area is 110 Å². The van der Waals surface area contributed by atoms with E-state index in [1.165, 1.54) is 16.2 Å². The number of nitrogens with zero attached hydrogens (tertiary/aromatic N) is 2. The van der Waals surface area contributed by atoms with Gasteiger partial charge in [0.25, 0.3) is 5.91 Å². The monoisotopic (exact) mass is 267 g/mol. The molecular formula is C12H17N3O2S. The molecule has 1 aromatic heterocycles. The molecule has 0 spiro atoms. The fraction of sp³-hybridized carbons (Fsp3) is 0.583. The highest BCUT2D eigenvalue weighted by Crippen LogP contribution is 2.24. The van der Waals surface area contributed by atoms with Crippen molar-refractivity contribution >= 4 is 28.3 Å². The number of thiazole rings is 1. The number of imide groups is 1. The summed E-state index contributed by atoms with van der Waals surface area (Å²) in [6, 6.07) is -0.455. The second-order valence-corrected chi connectivity index (χ2v) is 5.47. The van der Waals surface area contributed by atoms with Crippen LogP contribution in [0.5, 0.6) is 0 Å². The van der Waals surface area contributed by atoms with Gasteiger partial charge in [0.1, 0.15) is 6.04 Å². The van der Waals surface area contributed by atoms with Crippen molar-refractivity contribution in [2.45, 2.75) is 39.2 Å². The summed E-state index contributed by atoms with van der Waals surface area (Å²) in [6.07, 6.45) is 0.225. The van der Waals surface area contributed by atoms with Crippen LogP contribution in [0.25, 0.3) is 0 Å². The Balaban J connectivity index is 2.06. The zero-order chi connectivity index (χ0) is 13.3. The van der Waals surface area contributed by atoms with Crippen molar-refractivity contribution in [3.8, 4) is 0 Å². The number of aromatic nitrogens is 1. The molecule has 1 aliphatic rings. The molecule has 98 valence electrons. The van der Waals surface area contributed by atoms with Crippen molar-refractivity contribution in [3.05, 3.63) is 11.1 Å². The molecule has 1 fully saturated rings. The molecule has 1 unspecified atom stereocenters. The van der Waals surface area contributed by atoms with Gasteiger partial charge in [-0.05, 0) is 12.8 Å². The van der Waals surface area contributed by atoms with Crippen LogP contribution < -0.4 is 5.32 Å². The number of anilines is 1. The summed E-state index contributed by atoms with van der Waals surface area (Å²) in [7, 11) is 0. The fourth-order valence-corrected chi connectivity index (χ4v) is 2.82. The van der Waals surface area contributed by atoms with Gasteiger partial charge in [-0.25, -0.2) is 4.98 Å². The maximum Gasteiger partial charge on any atom is 0.252 e. The van der Waals surface area contributed by atoms with Crippen LogP contribution in [0.3, 0.4) is 0 Å². The van der Waals surface area contributed by atoms with Crippen molar-refractivity contribution in [1.82, 2.24) is 9.88 Å². The van der Waals surface area contributed by atoms with E-state index < -0.39 is 6.04 Å². The van der Waals surface area contributed by atoms with Crippen molar-refractivity contribution in [2.24, 2.45) is 0 Å². The lowest BCUT2D eigenvalue weighted by molar-refractivity contribution is -0.138. The van der Waals surface area contributed by atoms with Gasteiger partial charge in [0.05, 0.1) is 12.1 Å². The number of carbonyl (C=O) groups excluding carboxylic acids is 2. The molecule has 1 atom stereocenters. The van der Waals surface area contributed by atoms with E-state index in [0.29, 0.717) is 17.6 Å². The molecule has 1 aromatic rings. The standard InChI is InChI=1S/C12H17N3O2S/c1-4-15-10(16)5-8(11(15)17)13-12-14-9(6-18-12)7(2)3/h6-8H,4-5H2,1-3H3,(H,13,14). The van der Waals surface area contributed by atoms with Gasteiger partial charge in [-0.3, -0.25) is 14.5 Å². The van der Waals surface area contributed by atoms with Gasteiger partial charge in [0.15, 0.2) is 5.13 Å². The Bertz CT molecular complexity index is 470. The molecule has 6 heteroatoms. The fourth-order valence-electron chi connectivity index (χ4n) is 1.89. The molecule has 0 radical (unpaired) electrons. The summed E-state index contributed by atoms with van der Waals surface area (Å²) >= 11 is 1.47. The van der Waals surface area contributed by atoms with Crippen LogP contribution in [0, 0.1) is 0 Å². The van der Waals surface area contributed by atoms with E-state index in [-0.39, 0.29) is 18.2 Å². The van der Waals surface area contributed by atoms with E-state index in [0.717, 1.165) is 5.69 Å². The lowest BCUT2D eigenvalue weighted by atomic mass is 10.2. The minimum absolute atomic E-state index is 0.111. The molecule has 0 saturated carbocycles. The normalized spacial score (nSPS) is 20.0. The summed E-state index contributed by atoms with van der Waals surface area (Å²) in [5, 5.41) is 5.74. The summed E-state index contributed by atoms with van der Waals surface area (Å²) in [4.78, 5) is 29.2. The molecule has 1 saturated heterocycles. The van der Waals surface area contributed by atoms with E-state index in [1.807, 2.05) is 5.38 Å². The van der Waals surface area contributed by atoms with E-state index in [9.17, 15) is 9.59 Å². The third-order valence-electron chi connectivity index (χ3n) is 2.97. The molecule has 2 heterocycles. The first-order chi connectivity index (χ1) is 8.52. The van der Waals surface area contributed by atoms with Crippen LogP contribution >= 0.6 is 11.3 Å². The van der Waals surface area contributed by atoms with Crippen molar-refractivity contribution < 1.29 is 9.59 Å². The lowest BCUT2D eigenvalue weighted by Crippen LogP contribution is -2.34. The summed E-state index contributed by atoms with van der Waals surface area (Å²) in [6.45, 7) is 6.38. The summed E-state index contributed by atoms with van der Waals surface area (Å²) < 4.78 is 0. The van der Waals surface area contributed by atoms with Crippen LogP contribution in [0.2, 0.25) is 0 Å². The molecule has 0 aliphatic carbocycles. The van der Waals surface area contributed by atoms with E-state index in [2.05, 4.69) is 24.1 Å². The number of hydrogen-bond acceptors (Lipinski definition) is 5. The zero-order valence-electron chi connectivity index (χ0n) is 10.8. The topological polar surface area (TPSA) is 62.3 Å². The minimum Gasteiger partial charge on any atom is -0.349 e. The molecule has 1 N–H and O–H groups in total. The number of nitrogens with one attached hydrogen (secondary N) is 1. The van der Waals surface area contributed by atoms with E-state index in [1.54, 1.807) is 6.92 Å². The number of likely N-dealkylation sites (tertiary alicyclic amines) is 1. The summed E-state index contributed by atoms with van der Waals surface area (Å²) in [5.74, 6) is 0.106. The van der Waals surface area contributed by atoms with Gasteiger partial charge >= 0.3 is 0 Å². The third-order valence-corrected chi connectivity index (χ3v) is 3.76. The van der Waals surface area contributed by atoms with Gasteiger partial charge in [0.2, 0.25) is 5.91 Å². The predicted molar refractivity (Wildman–Crippen MR) is 70.6 cm³/mol. The first kappa shape index (κ1) is 13.0. The van der Waals surface area contributed by atoms with E-state index in [4.69, 9.17) is 0 Å². The summed E-state index contributed by atoms with van der Waals surface area (Å²) in [5.41, 5.74) is 1.01. The highest BCUT2D eigenvalue weighted by Gasteiger charge is 2.37. The number of carbonyl (C=O) groups is 2. The quantitative estimate of drug-likeness (QED) is 0.845. The zero-order valence-corrected chi connectivity index (χ0v) is 11.6. The number of amides is 2. The van der Waals surface area contributed by atoms with Gasteiger partial charge in [-0.15, -0.1) is 11.3 Å². The number of hydrogen-bond donors (Lipinski definition) is 1. The van der Waals surface area contributed by atoms with E-state index >= 15 is 0 Å². The Morgan fingerprint density at radius 3 is 2.78 bits per heavy atom. The molecule has 18 heavy (non-hydrogen) atoms. The van der Waals surface area contributed by atoms with Crippen LogP contribution in [-0.4, -0.2) is 34.3 Å². The Morgan fingerprint density at radius 1 is 1.56 bits per heavy atom.